The number of piperidine rings is 1. The Morgan fingerprint density at radius 1 is 1.38 bits per heavy atom. The molecule has 16 heavy (non-hydrogen) atoms. The number of hydrogen-bond acceptors (Lipinski definition) is 4. The van der Waals surface area contributed by atoms with Crippen LogP contribution in [0, 0.1) is 5.92 Å². The van der Waals surface area contributed by atoms with E-state index in [4.69, 9.17) is 5.73 Å². The van der Waals surface area contributed by atoms with Crippen molar-refractivity contribution in [3.8, 4) is 0 Å². The van der Waals surface area contributed by atoms with Gasteiger partial charge < -0.3 is 10.6 Å². The Balaban J connectivity index is 2.34. The minimum atomic E-state index is -3.04. The van der Waals surface area contributed by atoms with Crippen molar-refractivity contribution in [2.24, 2.45) is 11.7 Å². The van der Waals surface area contributed by atoms with Gasteiger partial charge in [0.15, 0.2) is 0 Å². The fourth-order valence-corrected chi connectivity index (χ4v) is 2.39. The summed E-state index contributed by atoms with van der Waals surface area (Å²) in [5, 5.41) is 0. The Morgan fingerprint density at radius 2 is 1.94 bits per heavy atom. The van der Waals surface area contributed by atoms with Gasteiger partial charge in [-0.3, -0.25) is 4.79 Å². The van der Waals surface area contributed by atoms with Crippen molar-refractivity contribution in [1.29, 1.82) is 0 Å². The average molecular weight is 248 g/mol. The lowest BCUT2D eigenvalue weighted by atomic mass is 9.97. The summed E-state index contributed by atoms with van der Waals surface area (Å²) in [6, 6.07) is 0. The standard InChI is InChI=1S/C10H20N2O3S/c1-16(14,15)7-4-10(13)12-5-2-9(8-11)3-6-12/h9H,2-8,11H2,1H3. The van der Waals surface area contributed by atoms with Crippen LogP contribution in [0.1, 0.15) is 19.3 Å². The van der Waals surface area contributed by atoms with Crippen LogP contribution in [0.25, 0.3) is 0 Å². The number of amides is 1. The zero-order chi connectivity index (χ0) is 12.2. The number of carbonyl (C=O) groups excluding carboxylic acids is 1. The number of rotatable bonds is 4. The molecule has 1 rings (SSSR count). The first kappa shape index (κ1) is 13.4. The van der Waals surface area contributed by atoms with E-state index in [1.165, 1.54) is 0 Å². The second kappa shape index (κ2) is 5.63. The third kappa shape index (κ3) is 4.49. The molecule has 6 heteroatoms. The van der Waals surface area contributed by atoms with Crippen LogP contribution in [0.5, 0.6) is 0 Å². The molecule has 0 aromatic rings. The summed E-state index contributed by atoms with van der Waals surface area (Å²) in [6.45, 7) is 2.10. The fourth-order valence-electron chi connectivity index (χ4n) is 1.85. The van der Waals surface area contributed by atoms with Crippen molar-refractivity contribution in [3.63, 3.8) is 0 Å². The summed E-state index contributed by atoms with van der Waals surface area (Å²) in [7, 11) is -3.04. The lowest BCUT2D eigenvalue weighted by Crippen LogP contribution is -2.40. The second-order valence-corrected chi connectivity index (χ2v) is 6.70. The van der Waals surface area contributed by atoms with E-state index in [1.54, 1.807) is 4.90 Å². The number of nitrogens with zero attached hydrogens (tertiary/aromatic N) is 1. The van der Waals surface area contributed by atoms with Gasteiger partial charge in [0.05, 0.1) is 5.75 Å². The molecule has 0 atom stereocenters. The molecule has 0 aliphatic carbocycles. The van der Waals surface area contributed by atoms with Crippen LogP contribution < -0.4 is 5.73 Å². The van der Waals surface area contributed by atoms with E-state index in [2.05, 4.69) is 0 Å². The molecule has 0 radical (unpaired) electrons. The first-order valence-corrected chi connectivity index (χ1v) is 7.64. The molecular formula is C10H20N2O3S. The number of likely N-dealkylation sites (tertiary alicyclic amines) is 1. The molecule has 0 unspecified atom stereocenters. The molecule has 0 saturated carbocycles. The van der Waals surface area contributed by atoms with E-state index in [0.717, 1.165) is 19.1 Å². The zero-order valence-electron chi connectivity index (χ0n) is 9.68. The molecule has 0 aromatic heterocycles. The average Bonchev–Trinajstić information content (AvgIpc) is 2.25. The van der Waals surface area contributed by atoms with E-state index in [-0.39, 0.29) is 18.1 Å². The highest BCUT2D eigenvalue weighted by Gasteiger charge is 2.22. The number of hydrogen-bond donors (Lipinski definition) is 1. The highest BCUT2D eigenvalue weighted by molar-refractivity contribution is 7.90. The summed E-state index contributed by atoms with van der Waals surface area (Å²) < 4.78 is 21.9. The Hall–Kier alpha value is -0.620. The van der Waals surface area contributed by atoms with Gasteiger partial charge in [-0.1, -0.05) is 0 Å². The van der Waals surface area contributed by atoms with Gasteiger partial charge >= 0.3 is 0 Å². The van der Waals surface area contributed by atoms with Gasteiger partial charge in [0.25, 0.3) is 0 Å². The van der Waals surface area contributed by atoms with Crippen LogP contribution in [0.3, 0.4) is 0 Å². The van der Waals surface area contributed by atoms with Crippen LogP contribution in [-0.4, -0.2) is 50.9 Å². The molecule has 1 amide bonds. The Morgan fingerprint density at radius 3 is 2.38 bits per heavy atom. The van der Waals surface area contributed by atoms with Crippen LogP contribution in [0.4, 0.5) is 0 Å². The molecule has 1 saturated heterocycles. The van der Waals surface area contributed by atoms with E-state index >= 15 is 0 Å². The minimum Gasteiger partial charge on any atom is -0.343 e. The van der Waals surface area contributed by atoms with Crippen LogP contribution in [0.2, 0.25) is 0 Å². The van der Waals surface area contributed by atoms with Gasteiger partial charge in [0.1, 0.15) is 9.84 Å². The highest BCUT2D eigenvalue weighted by Crippen LogP contribution is 2.16. The predicted molar refractivity (Wildman–Crippen MR) is 62.7 cm³/mol. The second-order valence-electron chi connectivity index (χ2n) is 4.44. The van der Waals surface area contributed by atoms with Gasteiger partial charge in [-0.15, -0.1) is 0 Å². The highest BCUT2D eigenvalue weighted by atomic mass is 32.2. The molecule has 0 bridgehead atoms. The molecule has 94 valence electrons. The number of sulfone groups is 1. The SMILES string of the molecule is CS(=O)(=O)CCC(=O)N1CCC(CN)CC1. The molecule has 0 spiro atoms. The summed E-state index contributed by atoms with van der Waals surface area (Å²) in [5.41, 5.74) is 5.56. The third-order valence-corrected chi connectivity index (χ3v) is 3.93. The van der Waals surface area contributed by atoms with Crippen molar-refractivity contribution in [3.05, 3.63) is 0 Å². The van der Waals surface area contributed by atoms with Gasteiger partial charge in [-0.05, 0) is 25.3 Å². The largest absolute Gasteiger partial charge is 0.343 e. The molecule has 1 aliphatic rings. The monoisotopic (exact) mass is 248 g/mol. The maximum Gasteiger partial charge on any atom is 0.223 e. The van der Waals surface area contributed by atoms with E-state index in [9.17, 15) is 13.2 Å². The van der Waals surface area contributed by atoms with Crippen molar-refractivity contribution in [2.45, 2.75) is 19.3 Å². The van der Waals surface area contributed by atoms with Crippen molar-refractivity contribution in [2.75, 3.05) is 31.6 Å². The summed E-state index contributed by atoms with van der Waals surface area (Å²) >= 11 is 0. The van der Waals surface area contributed by atoms with Gasteiger partial charge in [-0.2, -0.15) is 0 Å². The lowest BCUT2D eigenvalue weighted by Gasteiger charge is -2.31. The van der Waals surface area contributed by atoms with Crippen molar-refractivity contribution < 1.29 is 13.2 Å². The number of nitrogens with two attached hydrogens (primary N) is 1. The topological polar surface area (TPSA) is 80.5 Å². The first-order chi connectivity index (χ1) is 7.42. The number of carbonyl (C=O) groups is 1. The molecular weight excluding hydrogens is 228 g/mol. The van der Waals surface area contributed by atoms with Crippen molar-refractivity contribution >= 4 is 15.7 Å². The zero-order valence-corrected chi connectivity index (χ0v) is 10.5. The molecule has 0 aromatic carbocycles. The summed E-state index contributed by atoms with van der Waals surface area (Å²) in [4.78, 5) is 13.4. The van der Waals surface area contributed by atoms with Crippen molar-refractivity contribution in [1.82, 2.24) is 4.90 Å². The van der Waals surface area contributed by atoms with E-state index in [1.807, 2.05) is 0 Å². The van der Waals surface area contributed by atoms with Crippen LogP contribution >= 0.6 is 0 Å². The predicted octanol–water partition coefficient (Wildman–Crippen LogP) is -0.382. The normalized spacial score (nSPS) is 18.8. The summed E-state index contributed by atoms with van der Waals surface area (Å²) in [6.07, 6.45) is 3.12. The Bertz CT molecular complexity index is 332. The molecule has 1 fully saturated rings. The minimum absolute atomic E-state index is 0.0529. The summed E-state index contributed by atoms with van der Waals surface area (Å²) in [5.74, 6) is 0.405. The third-order valence-electron chi connectivity index (χ3n) is 2.99. The van der Waals surface area contributed by atoms with Crippen LogP contribution in [-0.2, 0) is 14.6 Å². The Kier molecular flexibility index (Phi) is 4.73. The molecule has 1 aliphatic heterocycles. The maximum atomic E-state index is 11.7. The molecule has 5 nitrogen and oxygen atoms in total. The van der Waals surface area contributed by atoms with Gasteiger partial charge in [0.2, 0.25) is 5.91 Å². The molecule has 1 heterocycles. The van der Waals surface area contributed by atoms with Gasteiger partial charge in [-0.25, -0.2) is 8.42 Å². The lowest BCUT2D eigenvalue weighted by molar-refractivity contribution is -0.132. The van der Waals surface area contributed by atoms with E-state index < -0.39 is 9.84 Å². The quantitative estimate of drug-likeness (QED) is 0.735. The maximum absolute atomic E-state index is 11.7. The van der Waals surface area contributed by atoms with E-state index in [0.29, 0.717) is 25.6 Å². The first-order valence-electron chi connectivity index (χ1n) is 5.58. The van der Waals surface area contributed by atoms with Crippen LogP contribution in [0.15, 0.2) is 0 Å². The Labute approximate surface area is 96.9 Å². The smallest absolute Gasteiger partial charge is 0.223 e. The fraction of sp³-hybridized carbons (Fsp3) is 0.900. The van der Waals surface area contributed by atoms with Gasteiger partial charge in [0, 0.05) is 25.8 Å². The molecule has 2 N–H and O–H groups in total.